The number of carboxylic acids is 1. The summed E-state index contributed by atoms with van der Waals surface area (Å²) >= 11 is 0. The number of hydrogen-bond donors (Lipinski definition) is 2. The molecule has 8 heteroatoms. The maximum atomic E-state index is 13.0. The molecule has 1 aliphatic carbocycles. The van der Waals surface area contributed by atoms with Crippen molar-refractivity contribution in [3.05, 3.63) is 59.7 Å². The number of amides is 2. The maximum absolute atomic E-state index is 13.0. The minimum absolute atomic E-state index is 0.0388. The van der Waals surface area contributed by atoms with Crippen LogP contribution < -0.4 is 5.32 Å². The second kappa shape index (κ2) is 10.3. The van der Waals surface area contributed by atoms with Gasteiger partial charge in [0.1, 0.15) is 12.5 Å². The van der Waals surface area contributed by atoms with Crippen LogP contribution in [0.3, 0.4) is 0 Å². The molecule has 8 nitrogen and oxygen atoms in total. The number of carbonyl (C=O) groups excluding carboxylic acids is 2. The molecule has 2 aromatic carbocycles. The van der Waals surface area contributed by atoms with E-state index in [1.165, 1.54) is 4.90 Å². The van der Waals surface area contributed by atoms with E-state index < -0.39 is 29.9 Å². The Morgan fingerprint density at radius 3 is 2.29 bits per heavy atom. The van der Waals surface area contributed by atoms with Crippen LogP contribution in [0.25, 0.3) is 11.1 Å². The third-order valence-corrected chi connectivity index (χ3v) is 6.71. The van der Waals surface area contributed by atoms with Crippen molar-refractivity contribution in [1.29, 1.82) is 0 Å². The van der Waals surface area contributed by atoms with E-state index in [0.717, 1.165) is 22.3 Å². The number of carbonyl (C=O) groups is 3. The van der Waals surface area contributed by atoms with Crippen LogP contribution in [0.4, 0.5) is 4.79 Å². The van der Waals surface area contributed by atoms with Gasteiger partial charge < -0.3 is 24.8 Å². The van der Waals surface area contributed by atoms with E-state index in [2.05, 4.69) is 29.6 Å². The monoisotopic (exact) mass is 466 g/mol. The molecule has 1 saturated heterocycles. The van der Waals surface area contributed by atoms with E-state index in [0.29, 0.717) is 6.54 Å². The summed E-state index contributed by atoms with van der Waals surface area (Å²) in [5, 5.41) is 12.1. The van der Waals surface area contributed by atoms with Crippen molar-refractivity contribution in [3.8, 4) is 11.1 Å². The summed E-state index contributed by atoms with van der Waals surface area (Å²) < 4.78 is 10.8. The molecule has 0 aromatic heterocycles. The van der Waals surface area contributed by atoms with Crippen LogP contribution in [0, 0.1) is 11.8 Å². The number of fused-ring (bicyclic) bond motifs is 3. The highest BCUT2D eigenvalue weighted by Gasteiger charge is 2.40. The van der Waals surface area contributed by atoms with Gasteiger partial charge in [-0.2, -0.15) is 0 Å². The first-order valence-electron chi connectivity index (χ1n) is 11.6. The van der Waals surface area contributed by atoms with Crippen LogP contribution in [0.2, 0.25) is 0 Å². The number of benzene rings is 2. The summed E-state index contributed by atoms with van der Waals surface area (Å²) in [6, 6.07) is 15.7. The second-order valence-electron chi connectivity index (χ2n) is 8.78. The molecule has 180 valence electrons. The van der Waals surface area contributed by atoms with Crippen molar-refractivity contribution in [2.24, 2.45) is 11.8 Å². The van der Waals surface area contributed by atoms with Crippen molar-refractivity contribution in [2.75, 3.05) is 32.9 Å². The van der Waals surface area contributed by atoms with E-state index in [-0.39, 0.29) is 38.2 Å². The van der Waals surface area contributed by atoms with Gasteiger partial charge in [-0.25, -0.2) is 4.79 Å². The first-order valence-corrected chi connectivity index (χ1v) is 11.6. The Morgan fingerprint density at radius 2 is 1.71 bits per heavy atom. The molecule has 0 bridgehead atoms. The number of rotatable bonds is 8. The molecule has 1 aliphatic heterocycles. The molecule has 0 spiro atoms. The van der Waals surface area contributed by atoms with E-state index >= 15 is 0 Å². The highest BCUT2D eigenvalue weighted by atomic mass is 16.5. The third-order valence-electron chi connectivity index (χ3n) is 6.71. The minimum Gasteiger partial charge on any atom is -0.481 e. The van der Waals surface area contributed by atoms with Crippen LogP contribution >= 0.6 is 0 Å². The van der Waals surface area contributed by atoms with Crippen molar-refractivity contribution in [2.45, 2.75) is 25.8 Å². The molecule has 4 rings (SSSR count). The minimum atomic E-state index is -0.974. The standard InChI is InChI=1S/C26H30N2O6/c1-3-28(23-15-33-13-22(23)25(30)31)24(29)16(2)12-27-26(32)34-14-21-19-10-6-4-8-17(19)18-9-5-7-11-20(18)21/h4-11,16,21-23H,3,12-15H2,1-2H3,(H,27,32)(H,30,31). The fraction of sp³-hybridized carbons (Fsp3) is 0.423. The Bertz CT molecular complexity index is 1030. The van der Waals surface area contributed by atoms with Gasteiger partial charge >= 0.3 is 12.1 Å². The van der Waals surface area contributed by atoms with Crippen LogP contribution in [-0.2, 0) is 19.1 Å². The molecule has 2 N–H and O–H groups in total. The van der Waals surface area contributed by atoms with Gasteiger partial charge in [-0.3, -0.25) is 9.59 Å². The van der Waals surface area contributed by atoms with Crippen LogP contribution in [0.15, 0.2) is 48.5 Å². The lowest BCUT2D eigenvalue weighted by atomic mass is 9.98. The third kappa shape index (κ3) is 4.63. The summed E-state index contributed by atoms with van der Waals surface area (Å²) in [5.74, 6) is -2.51. The number of ether oxygens (including phenoxy) is 2. The molecule has 2 amide bonds. The van der Waals surface area contributed by atoms with Gasteiger partial charge in [-0.05, 0) is 29.2 Å². The number of nitrogens with one attached hydrogen (secondary N) is 1. The SMILES string of the molecule is CCN(C(=O)C(C)CNC(=O)OCC1c2ccccc2-c2ccccc21)C1COCC1C(=O)O. The summed E-state index contributed by atoms with van der Waals surface area (Å²) in [6.45, 7) is 4.46. The lowest BCUT2D eigenvalue weighted by Crippen LogP contribution is -2.49. The van der Waals surface area contributed by atoms with Crippen molar-refractivity contribution in [1.82, 2.24) is 10.2 Å². The van der Waals surface area contributed by atoms with E-state index in [4.69, 9.17) is 9.47 Å². The molecule has 1 fully saturated rings. The van der Waals surface area contributed by atoms with Crippen LogP contribution in [-0.4, -0.2) is 66.9 Å². The fourth-order valence-electron chi connectivity index (χ4n) is 4.90. The zero-order valence-electron chi connectivity index (χ0n) is 19.4. The predicted octanol–water partition coefficient (Wildman–Crippen LogP) is 3.11. The molecular formula is C26H30N2O6. The second-order valence-corrected chi connectivity index (χ2v) is 8.78. The van der Waals surface area contributed by atoms with Gasteiger partial charge in [-0.1, -0.05) is 55.5 Å². The number of nitrogens with zero attached hydrogens (tertiary/aromatic N) is 1. The number of carboxylic acid groups (broad SMARTS) is 1. The largest absolute Gasteiger partial charge is 0.481 e. The van der Waals surface area contributed by atoms with E-state index in [1.54, 1.807) is 13.8 Å². The van der Waals surface area contributed by atoms with E-state index in [1.807, 2.05) is 24.3 Å². The molecule has 0 saturated carbocycles. The van der Waals surface area contributed by atoms with Crippen LogP contribution in [0.5, 0.6) is 0 Å². The number of aliphatic carboxylic acids is 1. The predicted molar refractivity (Wildman–Crippen MR) is 125 cm³/mol. The zero-order chi connectivity index (χ0) is 24.2. The zero-order valence-corrected chi connectivity index (χ0v) is 19.4. The van der Waals surface area contributed by atoms with Gasteiger partial charge in [0.05, 0.1) is 25.2 Å². The number of hydrogen-bond acceptors (Lipinski definition) is 5. The smallest absolute Gasteiger partial charge is 0.407 e. The molecule has 2 aromatic rings. The Hall–Kier alpha value is -3.39. The Kier molecular flexibility index (Phi) is 7.17. The Labute approximate surface area is 198 Å². The quantitative estimate of drug-likeness (QED) is 0.619. The normalized spacial score (nSPS) is 19.7. The first-order chi connectivity index (χ1) is 16.4. The van der Waals surface area contributed by atoms with Gasteiger partial charge in [0.2, 0.25) is 5.91 Å². The van der Waals surface area contributed by atoms with Crippen molar-refractivity contribution in [3.63, 3.8) is 0 Å². The Balaban J connectivity index is 1.32. The Morgan fingerprint density at radius 1 is 1.09 bits per heavy atom. The maximum Gasteiger partial charge on any atom is 0.407 e. The average Bonchev–Trinajstić information content (AvgIpc) is 3.45. The van der Waals surface area contributed by atoms with Crippen LogP contribution in [0.1, 0.15) is 30.9 Å². The van der Waals surface area contributed by atoms with Gasteiger partial charge in [0.25, 0.3) is 0 Å². The molecular weight excluding hydrogens is 436 g/mol. The van der Waals surface area contributed by atoms with Gasteiger partial charge in [0, 0.05) is 19.0 Å². The number of likely N-dealkylation sites (N-methyl/N-ethyl adjacent to an activating group) is 1. The summed E-state index contributed by atoms with van der Waals surface area (Å²) in [4.78, 5) is 38.4. The summed E-state index contributed by atoms with van der Waals surface area (Å²) in [7, 11) is 0. The van der Waals surface area contributed by atoms with E-state index in [9.17, 15) is 19.5 Å². The molecule has 1 heterocycles. The number of alkyl carbamates (subject to hydrolysis) is 1. The molecule has 34 heavy (non-hydrogen) atoms. The summed E-state index contributed by atoms with van der Waals surface area (Å²) in [5.41, 5.74) is 4.57. The molecule has 3 atom stereocenters. The highest BCUT2D eigenvalue weighted by molar-refractivity contribution is 5.81. The van der Waals surface area contributed by atoms with Crippen molar-refractivity contribution < 1.29 is 29.0 Å². The van der Waals surface area contributed by atoms with Gasteiger partial charge in [-0.15, -0.1) is 0 Å². The first kappa shape index (κ1) is 23.8. The molecule has 0 radical (unpaired) electrons. The lowest BCUT2D eigenvalue weighted by molar-refractivity contribution is -0.145. The molecule has 2 aliphatic rings. The topological polar surface area (TPSA) is 105 Å². The van der Waals surface area contributed by atoms with Gasteiger partial charge in [0.15, 0.2) is 0 Å². The lowest BCUT2D eigenvalue weighted by Gasteiger charge is -2.31. The van der Waals surface area contributed by atoms with Crippen molar-refractivity contribution >= 4 is 18.0 Å². The average molecular weight is 467 g/mol. The molecule has 3 unspecified atom stereocenters. The highest BCUT2D eigenvalue weighted by Crippen LogP contribution is 2.44. The summed E-state index contributed by atoms with van der Waals surface area (Å²) in [6.07, 6.45) is -0.586. The fourth-order valence-corrected chi connectivity index (χ4v) is 4.90.